The number of aromatic nitrogens is 2. The summed E-state index contributed by atoms with van der Waals surface area (Å²) in [6.45, 7) is 0.295. The number of carbonyl (C=O) groups is 1. The minimum atomic E-state index is -4.55. The molecule has 1 aromatic carbocycles. The Morgan fingerprint density at radius 2 is 1.96 bits per heavy atom. The summed E-state index contributed by atoms with van der Waals surface area (Å²) < 4.78 is 44.7. The van der Waals surface area contributed by atoms with Crippen LogP contribution in [0.1, 0.15) is 31.2 Å². The maximum absolute atomic E-state index is 13.3. The predicted octanol–water partition coefficient (Wildman–Crippen LogP) is 3.77. The summed E-state index contributed by atoms with van der Waals surface area (Å²) >= 11 is 0. The van der Waals surface area contributed by atoms with Gasteiger partial charge in [-0.3, -0.25) is 4.79 Å². The lowest BCUT2D eigenvalue weighted by Gasteiger charge is -2.27. The average Bonchev–Trinajstić information content (AvgIpc) is 3.05. The van der Waals surface area contributed by atoms with E-state index >= 15 is 0 Å². The molecule has 0 spiro atoms. The van der Waals surface area contributed by atoms with Gasteiger partial charge in [0.15, 0.2) is 0 Å². The molecule has 0 bridgehead atoms. The minimum absolute atomic E-state index is 0. The maximum atomic E-state index is 13.3. The number of carboxylic acids is 1. The molecule has 1 saturated carbocycles. The van der Waals surface area contributed by atoms with Crippen molar-refractivity contribution in [2.45, 2.75) is 31.9 Å². The highest BCUT2D eigenvalue weighted by Gasteiger charge is 2.34. The molecule has 1 aliphatic carbocycles. The third-order valence-electron chi connectivity index (χ3n) is 4.79. The number of anilines is 1. The first-order valence-electron chi connectivity index (χ1n) is 8.48. The molecule has 1 aromatic heterocycles. The molecule has 28 heavy (non-hydrogen) atoms. The number of hydrogen-bond donors (Lipinski definition) is 3. The van der Waals surface area contributed by atoms with Crippen molar-refractivity contribution in [3.05, 3.63) is 34.3 Å². The Hall–Kier alpha value is -2.49. The fourth-order valence-electron chi connectivity index (χ4n) is 3.29. The summed E-state index contributed by atoms with van der Waals surface area (Å²) in [6, 6.07) is 3.34. The second kappa shape index (κ2) is 8.68. The maximum Gasteiger partial charge on any atom is 0.434 e. The summed E-state index contributed by atoms with van der Waals surface area (Å²) in [4.78, 5) is 22.0. The molecule has 3 N–H and O–H groups in total. The third-order valence-corrected chi connectivity index (χ3v) is 4.79. The lowest BCUT2D eigenvalue weighted by atomic mass is 9.82. The number of carboxylic acid groups (broad SMARTS) is 1. The van der Waals surface area contributed by atoms with Crippen LogP contribution in [-0.4, -0.2) is 27.8 Å². The molecule has 0 radical (unpaired) electrons. The van der Waals surface area contributed by atoms with E-state index in [1.165, 1.54) is 12.1 Å². The van der Waals surface area contributed by atoms with Gasteiger partial charge in [-0.05, 0) is 49.8 Å². The first-order valence-corrected chi connectivity index (χ1v) is 8.48. The Labute approximate surface area is 163 Å². The second-order valence-electron chi connectivity index (χ2n) is 6.61. The summed E-state index contributed by atoms with van der Waals surface area (Å²) in [5, 5.41) is 17.5. The standard InChI is InChI=1S/C17H18F3N3O4.ClH/c18-17(19,20)12-6-5-11(14-22-23-16(26)27-14)7-13(12)21-8-9-1-3-10(4-2-9)15(24)25;/h5-7,9-10,21H,1-4,8H2,(H,23,26)(H,24,25);1H. The monoisotopic (exact) mass is 421 g/mol. The number of benzene rings is 1. The Bertz CT molecular complexity index is 873. The molecule has 154 valence electrons. The largest absolute Gasteiger partial charge is 0.481 e. The quantitative estimate of drug-likeness (QED) is 0.678. The van der Waals surface area contributed by atoms with Crippen LogP contribution in [0.2, 0.25) is 0 Å². The predicted molar refractivity (Wildman–Crippen MR) is 96.4 cm³/mol. The van der Waals surface area contributed by atoms with Crippen LogP contribution < -0.4 is 11.1 Å². The van der Waals surface area contributed by atoms with Gasteiger partial charge in [0.25, 0.3) is 0 Å². The van der Waals surface area contributed by atoms with Gasteiger partial charge in [-0.15, -0.1) is 17.5 Å². The van der Waals surface area contributed by atoms with Crippen molar-refractivity contribution in [2.24, 2.45) is 11.8 Å². The van der Waals surface area contributed by atoms with Crippen LogP contribution in [0.3, 0.4) is 0 Å². The zero-order valence-electron chi connectivity index (χ0n) is 14.6. The van der Waals surface area contributed by atoms with E-state index in [-0.39, 0.29) is 41.4 Å². The number of rotatable bonds is 5. The summed E-state index contributed by atoms with van der Waals surface area (Å²) in [6.07, 6.45) is -2.23. The van der Waals surface area contributed by atoms with Gasteiger partial charge < -0.3 is 14.8 Å². The van der Waals surface area contributed by atoms with Gasteiger partial charge in [0.05, 0.1) is 11.5 Å². The Kier molecular flexibility index (Phi) is 6.76. The molecule has 1 fully saturated rings. The molecule has 0 saturated heterocycles. The van der Waals surface area contributed by atoms with Gasteiger partial charge in [-0.1, -0.05) is 0 Å². The zero-order chi connectivity index (χ0) is 19.6. The van der Waals surface area contributed by atoms with E-state index < -0.39 is 23.5 Å². The number of alkyl halides is 3. The second-order valence-corrected chi connectivity index (χ2v) is 6.61. The Balaban J connectivity index is 0.00000280. The van der Waals surface area contributed by atoms with Crippen molar-refractivity contribution in [1.29, 1.82) is 0 Å². The van der Waals surface area contributed by atoms with Crippen molar-refractivity contribution >= 4 is 24.1 Å². The van der Waals surface area contributed by atoms with Crippen LogP contribution in [0, 0.1) is 11.8 Å². The van der Waals surface area contributed by atoms with E-state index in [0.29, 0.717) is 32.2 Å². The highest BCUT2D eigenvalue weighted by molar-refractivity contribution is 5.85. The number of hydrogen-bond acceptors (Lipinski definition) is 5. The van der Waals surface area contributed by atoms with Gasteiger partial charge >= 0.3 is 17.9 Å². The van der Waals surface area contributed by atoms with Crippen molar-refractivity contribution in [3.63, 3.8) is 0 Å². The fraction of sp³-hybridized carbons (Fsp3) is 0.471. The zero-order valence-corrected chi connectivity index (χ0v) is 15.4. The molecular weight excluding hydrogens is 403 g/mol. The fourth-order valence-corrected chi connectivity index (χ4v) is 3.29. The van der Waals surface area contributed by atoms with Gasteiger partial charge in [0.1, 0.15) is 0 Å². The van der Waals surface area contributed by atoms with Crippen molar-refractivity contribution in [1.82, 2.24) is 10.2 Å². The van der Waals surface area contributed by atoms with E-state index in [0.717, 1.165) is 6.07 Å². The topological polar surface area (TPSA) is 108 Å². The van der Waals surface area contributed by atoms with Crippen LogP contribution in [0.5, 0.6) is 0 Å². The van der Waals surface area contributed by atoms with Crippen LogP contribution in [0.25, 0.3) is 11.5 Å². The minimum Gasteiger partial charge on any atom is -0.481 e. The van der Waals surface area contributed by atoms with Crippen molar-refractivity contribution < 1.29 is 27.5 Å². The number of aromatic amines is 1. The molecule has 0 aliphatic heterocycles. The van der Waals surface area contributed by atoms with Crippen LogP contribution in [-0.2, 0) is 11.0 Å². The molecule has 3 rings (SSSR count). The molecule has 1 aliphatic rings. The van der Waals surface area contributed by atoms with Crippen LogP contribution >= 0.6 is 12.4 Å². The molecule has 1 heterocycles. The average molecular weight is 422 g/mol. The van der Waals surface area contributed by atoms with Crippen molar-refractivity contribution in [3.8, 4) is 11.5 Å². The molecular formula is C17H19ClF3N3O4. The SMILES string of the molecule is Cl.O=C(O)C1CCC(CNc2cc(-c3n[nH]c(=O)o3)ccc2C(F)(F)F)CC1. The van der Waals surface area contributed by atoms with E-state index in [9.17, 15) is 22.8 Å². The normalized spacial score (nSPS) is 19.7. The number of halogens is 4. The number of aliphatic carboxylic acids is 1. The summed E-state index contributed by atoms with van der Waals surface area (Å²) in [5.74, 6) is -2.01. The van der Waals surface area contributed by atoms with Crippen LogP contribution in [0.4, 0.5) is 18.9 Å². The smallest absolute Gasteiger partial charge is 0.434 e. The first kappa shape index (κ1) is 21.8. The van der Waals surface area contributed by atoms with Gasteiger partial charge in [-0.25, -0.2) is 9.89 Å². The van der Waals surface area contributed by atoms with E-state index in [4.69, 9.17) is 9.52 Å². The number of nitrogens with zero attached hydrogens (tertiary/aromatic N) is 1. The van der Waals surface area contributed by atoms with E-state index in [2.05, 4.69) is 15.5 Å². The van der Waals surface area contributed by atoms with Crippen LogP contribution in [0.15, 0.2) is 27.4 Å². The van der Waals surface area contributed by atoms with Gasteiger partial charge in [0.2, 0.25) is 5.89 Å². The lowest BCUT2D eigenvalue weighted by Crippen LogP contribution is -2.25. The van der Waals surface area contributed by atoms with Crippen molar-refractivity contribution in [2.75, 3.05) is 11.9 Å². The first-order chi connectivity index (χ1) is 12.7. The number of nitrogens with one attached hydrogen (secondary N) is 2. The molecule has 0 atom stereocenters. The number of H-pyrrole nitrogens is 1. The summed E-state index contributed by atoms with van der Waals surface area (Å²) in [7, 11) is 0. The summed E-state index contributed by atoms with van der Waals surface area (Å²) in [5.41, 5.74) is -0.729. The van der Waals surface area contributed by atoms with Gasteiger partial charge in [-0.2, -0.15) is 13.2 Å². The third kappa shape index (κ3) is 5.06. The van der Waals surface area contributed by atoms with E-state index in [1.807, 2.05) is 0 Å². The highest BCUT2D eigenvalue weighted by atomic mass is 35.5. The molecule has 11 heteroatoms. The highest BCUT2D eigenvalue weighted by Crippen LogP contribution is 2.37. The van der Waals surface area contributed by atoms with Gasteiger partial charge in [0, 0.05) is 17.8 Å². The molecule has 0 amide bonds. The lowest BCUT2D eigenvalue weighted by molar-refractivity contribution is -0.143. The molecule has 7 nitrogen and oxygen atoms in total. The molecule has 0 unspecified atom stereocenters. The van der Waals surface area contributed by atoms with E-state index in [1.54, 1.807) is 0 Å². The Morgan fingerprint density at radius 3 is 2.50 bits per heavy atom. The Morgan fingerprint density at radius 1 is 1.29 bits per heavy atom. The molecule has 2 aromatic rings.